The molecule has 0 aliphatic carbocycles. The summed E-state index contributed by atoms with van der Waals surface area (Å²) >= 11 is 0. The van der Waals surface area contributed by atoms with Crippen molar-refractivity contribution in [2.75, 3.05) is 33.9 Å². The Hall–Kier alpha value is -1.43. The number of carbonyl (C=O) groups excluding carboxylic acids is 1. The first kappa shape index (κ1) is 17.6. The maximum atomic E-state index is 11.0. The summed E-state index contributed by atoms with van der Waals surface area (Å²) in [5, 5.41) is 9.89. The van der Waals surface area contributed by atoms with Gasteiger partial charge in [0.1, 0.15) is 0 Å². The zero-order valence-electron chi connectivity index (χ0n) is 12.8. The predicted octanol–water partition coefficient (Wildman–Crippen LogP) is 1.45. The van der Waals surface area contributed by atoms with Crippen molar-refractivity contribution in [1.29, 1.82) is 0 Å². The van der Waals surface area contributed by atoms with Gasteiger partial charge < -0.3 is 19.5 Å². The van der Waals surface area contributed by atoms with E-state index in [1.807, 2.05) is 42.3 Å². The number of hydrogen-bond donors (Lipinski definition) is 1. The summed E-state index contributed by atoms with van der Waals surface area (Å²) in [7, 11) is 3.30. The van der Waals surface area contributed by atoms with E-state index in [0.717, 1.165) is 18.5 Å². The van der Waals surface area contributed by atoms with Crippen LogP contribution in [0, 0.1) is 0 Å². The van der Waals surface area contributed by atoms with Gasteiger partial charge in [0.15, 0.2) is 0 Å². The molecule has 1 unspecified atom stereocenters. The number of nitrogens with zero attached hydrogens (tertiary/aromatic N) is 1. The first-order chi connectivity index (χ1) is 10.1. The van der Waals surface area contributed by atoms with Crippen LogP contribution >= 0.6 is 0 Å². The molecular formula is C16H25NO4. The SMILES string of the molecule is COC(=O)CCCN(C)CC(O)COCc1ccccc1. The first-order valence-corrected chi connectivity index (χ1v) is 7.17. The van der Waals surface area contributed by atoms with Gasteiger partial charge in [-0.2, -0.15) is 0 Å². The topological polar surface area (TPSA) is 59.0 Å². The molecule has 1 N–H and O–H groups in total. The molecule has 5 nitrogen and oxygen atoms in total. The highest BCUT2D eigenvalue weighted by atomic mass is 16.5. The van der Waals surface area contributed by atoms with Gasteiger partial charge in [0.2, 0.25) is 0 Å². The lowest BCUT2D eigenvalue weighted by molar-refractivity contribution is -0.140. The number of aliphatic hydroxyl groups excluding tert-OH is 1. The fourth-order valence-electron chi connectivity index (χ4n) is 1.99. The first-order valence-electron chi connectivity index (χ1n) is 7.17. The smallest absolute Gasteiger partial charge is 0.305 e. The molecule has 118 valence electrons. The second kappa shape index (κ2) is 10.3. The van der Waals surface area contributed by atoms with Gasteiger partial charge >= 0.3 is 5.97 Å². The molecule has 0 saturated carbocycles. The van der Waals surface area contributed by atoms with Crippen LogP contribution in [0.3, 0.4) is 0 Å². The van der Waals surface area contributed by atoms with Crippen LogP contribution in [0.4, 0.5) is 0 Å². The molecule has 1 aromatic carbocycles. The minimum atomic E-state index is -0.531. The normalized spacial score (nSPS) is 12.4. The van der Waals surface area contributed by atoms with Gasteiger partial charge in [-0.25, -0.2) is 0 Å². The van der Waals surface area contributed by atoms with E-state index in [1.54, 1.807) is 0 Å². The van der Waals surface area contributed by atoms with Gasteiger partial charge in [0, 0.05) is 13.0 Å². The van der Waals surface area contributed by atoms with Crippen LogP contribution in [0.15, 0.2) is 30.3 Å². The Morgan fingerprint density at radius 3 is 2.71 bits per heavy atom. The van der Waals surface area contributed by atoms with Crippen LogP contribution in [0.5, 0.6) is 0 Å². The number of esters is 1. The molecule has 21 heavy (non-hydrogen) atoms. The van der Waals surface area contributed by atoms with Crippen molar-refractivity contribution < 1.29 is 19.4 Å². The molecule has 0 spiro atoms. The fourth-order valence-corrected chi connectivity index (χ4v) is 1.99. The van der Waals surface area contributed by atoms with Crippen molar-refractivity contribution in [3.05, 3.63) is 35.9 Å². The van der Waals surface area contributed by atoms with Crippen LogP contribution in [0.2, 0.25) is 0 Å². The Balaban J connectivity index is 2.09. The average Bonchev–Trinajstić information content (AvgIpc) is 2.48. The molecule has 1 rings (SSSR count). The van der Waals surface area contributed by atoms with E-state index in [1.165, 1.54) is 7.11 Å². The van der Waals surface area contributed by atoms with E-state index in [4.69, 9.17) is 4.74 Å². The van der Waals surface area contributed by atoms with E-state index in [9.17, 15) is 9.90 Å². The molecule has 0 fully saturated rings. The summed E-state index contributed by atoms with van der Waals surface area (Å²) < 4.78 is 10.1. The Morgan fingerprint density at radius 1 is 1.33 bits per heavy atom. The third-order valence-corrected chi connectivity index (χ3v) is 3.09. The van der Waals surface area contributed by atoms with E-state index in [-0.39, 0.29) is 5.97 Å². The van der Waals surface area contributed by atoms with Gasteiger partial charge in [-0.15, -0.1) is 0 Å². The molecule has 0 bridgehead atoms. The number of benzene rings is 1. The minimum Gasteiger partial charge on any atom is -0.469 e. The van der Waals surface area contributed by atoms with Crippen LogP contribution in [-0.2, 0) is 20.9 Å². The number of carbonyl (C=O) groups is 1. The second-order valence-corrected chi connectivity index (χ2v) is 5.10. The van der Waals surface area contributed by atoms with Crippen LogP contribution in [0.1, 0.15) is 18.4 Å². The van der Waals surface area contributed by atoms with E-state index >= 15 is 0 Å². The lowest BCUT2D eigenvalue weighted by atomic mass is 10.2. The van der Waals surface area contributed by atoms with Crippen molar-refractivity contribution >= 4 is 5.97 Å². The molecule has 5 heteroatoms. The summed E-state index contributed by atoms with van der Waals surface area (Å²) in [4.78, 5) is 13.0. The van der Waals surface area contributed by atoms with Crippen LogP contribution in [0.25, 0.3) is 0 Å². The van der Waals surface area contributed by atoms with Crippen molar-refractivity contribution in [3.63, 3.8) is 0 Å². The van der Waals surface area contributed by atoms with Crippen molar-refractivity contribution in [2.24, 2.45) is 0 Å². The summed E-state index contributed by atoms with van der Waals surface area (Å²) in [6, 6.07) is 9.87. The van der Waals surface area contributed by atoms with Gasteiger partial charge in [0.05, 0.1) is 26.4 Å². The Labute approximate surface area is 126 Å². The summed E-state index contributed by atoms with van der Waals surface area (Å²) in [5.41, 5.74) is 1.09. The van der Waals surface area contributed by atoms with Crippen LogP contribution < -0.4 is 0 Å². The second-order valence-electron chi connectivity index (χ2n) is 5.10. The number of hydrogen-bond acceptors (Lipinski definition) is 5. The highest BCUT2D eigenvalue weighted by Gasteiger charge is 2.09. The molecule has 1 aromatic rings. The van der Waals surface area contributed by atoms with Crippen molar-refractivity contribution in [1.82, 2.24) is 4.90 Å². The molecule has 0 aromatic heterocycles. The average molecular weight is 295 g/mol. The van der Waals surface area contributed by atoms with E-state index < -0.39 is 6.10 Å². The zero-order valence-corrected chi connectivity index (χ0v) is 12.8. The molecule has 0 amide bonds. The minimum absolute atomic E-state index is 0.199. The Bertz CT molecular complexity index is 397. The van der Waals surface area contributed by atoms with Crippen molar-refractivity contribution in [3.8, 4) is 0 Å². The number of rotatable bonds is 10. The van der Waals surface area contributed by atoms with Gasteiger partial charge in [-0.1, -0.05) is 30.3 Å². The molecule has 1 atom stereocenters. The predicted molar refractivity (Wildman–Crippen MR) is 80.9 cm³/mol. The number of aliphatic hydroxyl groups is 1. The largest absolute Gasteiger partial charge is 0.469 e. The highest BCUT2D eigenvalue weighted by Crippen LogP contribution is 2.02. The monoisotopic (exact) mass is 295 g/mol. The van der Waals surface area contributed by atoms with Crippen molar-refractivity contribution in [2.45, 2.75) is 25.6 Å². The summed E-state index contributed by atoms with van der Waals surface area (Å²) in [6.45, 7) is 2.07. The fraction of sp³-hybridized carbons (Fsp3) is 0.562. The maximum Gasteiger partial charge on any atom is 0.305 e. The van der Waals surface area contributed by atoms with Gasteiger partial charge in [0.25, 0.3) is 0 Å². The molecular weight excluding hydrogens is 270 g/mol. The van der Waals surface area contributed by atoms with Gasteiger partial charge in [-0.3, -0.25) is 4.79 Å². The quantitative estimate of drug-likeness (QED) is 0.662. The lowest BCUT2D eigenvalue weighted by Crippen LogP contribution is -2.33. The third kappa shape index (κ3) is 8.45. The molecule has 0 aliphatic heterocycles. The summed E-state index contributed by atoms with van der Waals surface area (Å²) in [6.07, 6.45) is 0.596. The van der Waals surface area contributed by atoms with Gasteiger partial charge in [-0.05, 0) is 25.6 Å². The Kier molecular flexibility index (Phi) is 8.66. The molecule has 0 radical (unpaired) electrons. The van der Waals surface area contributed by atoms with E-state index in [2.05, 4.69) is 4.74 Å². The lowest BCUT2D eigenvalue weighted by Gasteiger charge is -2.20. The number of likely N-dealkylation sites (N-methyl/N-ethyl adjacent to an activating group) is 1. The highest BCUT2D eigenvalue weighted by molar-refractivity contribution is 5.69. The molecule has 0 heterocycles. The third-order valence-electron chi connectivity index (χ3n) is 3.09. The molecule has 0 aliphatic rings. The van der Waals surface area contributed by atoms with Crippen LogP contribution in [-0.4, -0.2) is 55.9 Å². The number of methoxy groups -OCH3 is 1. The summed E-state index contributed by atoms with van der Waals surface area (Å²) in [5.74, 6) is -0.199. The standard InChI is InChI=1S/C16H25NO4/c1-17(10-6-9-16(19)20-2)11-15(18)13-21-12-14-7-4-3-5-8-14/h3-5,7-8,15,18H,6,9-13H2,1-2H3. The Morgan fingerprint density at radius 2 is 2.05 bits per heavy atom. The van der Waals surface area contributed by atoms with E-state index in [0.29, 0.717) is 26.2 Å². The maximum absolute atomic E-state index is 11.0. The number of ether oxygens (including phenoxy) is 2. The zero-order chi connectivity index (χ0) is 15.5. The molecule has 0 saturated heterocycles.